The maximum Gasteiger partial charge on any atom is 0.337 e. The van der Waals surface area contributed by atoms with Gasteiger partial charge in [0.1, 0.15) is 5.82 Å². The van der Waals surface area contributed by atoms with Crippen LogP contribution in [0.25, 0.3) is 11.3 Å². The zero-order valence-corrected chi connectivity index (χ0v) is 10.5. The largest absolute Gasteiger partial charge is 0.478 e. The van der Waals surface area contributed by atoms with E-state index >= 15 is 0 Å². The van der Waals surface area contributed by atoms with E-state index in [0.717, 1.165) is 12.3 Å². The molecule has 20 heavy (non-hydrogen) atoms. The second-order valence-electron chi connectivity index (χ2n) is 3.92. The van der Waals surface area contributed by atoms with Crippen LogP contribution >= 0.6 is 0 Å². The van der Waals surface area contributed by atoms with Crippen molar-refractivity contribution >= 4 is 11.9 Å². The monoisotopic (exact) mass is 275 g/mol. The summed E-state index contributed by atoms with van der Waals surface area (Å²) in [5.41, 5.74) is 0.565. The molecule has 0 unspecified atom stereocenters. The minimum Gasteiger partial charge on any atom is -0.478 e. The molecule has 2 aromatic rings. The van der Waals surface area contributed by atoms with Crippen molar-refractivity contribution in [3.05, 3.63) is 53.5 Å². The smallest absolute Gasteiger partial charge is 0.337 e. The van der Waals surface area contributed by atoms with Crippen LogP contribution in [0.1, 0.15) is 20.7 Å². The fourth-order valence-electron chi connectivity index (χ4n) is 1.65. The molecular weight excluding hydrogens is 265 g/mol. The maximum atomic E-state index is 13.9. The number of ether oxygens (including phenoxy) is 1. The highest BCUT2D eigenvalue weighted by atomic mass is 19.1. The molecule has 0 saturated heterocycles. The zero-order chi connectivity index (χ0) is 14.7. The number of pyridine rings is 1. The molecule has 0 bridgehead atoms. The fourth-order valence-corrected chi connectivity index (χ4v) is 1.65. The topological polar surface area (TPSA) is 76.5 Å². The number of aromatic nitrogens is 1. The average Bonchev–Trinajstić information content (AvgIpc) is 2.46. The van der Waals surface area contributed by atoms with Crippen LogP contribution in [0.15, 0.2) is 36.5 Å². The molecule has 102 valence electrons. The lowest BCUT2D eigenvalue weighted by atomic mass is 10.1. The van der Waals surface area contributed by atoms with Gasteiger partial charge < -0.3 is 9.84 Å². The van der Waals surface area contributed by atoms with Crippen LogP contribution in [0.2, 0.25) is 0 Å². The Morgan fingerprint density at radius 2 is 1.90 bits per heavy atom. The maximum absolute atomic E-state index is 13.9. The van der Waals surface area contributed by atoms with E-state index in [1.54, 1.807) is 0 Å². The number of rotatable bonds is 3. The van der Waals surface area contributed by atoms with E-state index < -0.39 is 17.8 Å². The molecule has 0 atom stereocenters. The summed E-state index contributed by atoms with van der Waals surface area (Å²) in [5, 5.41) is 8.76. The molecule has 0 radical (unpaired) electrons. The van der Waals surface area contributed by atoms with E-state index in [0.29, 0.717) is 0 Å². The van der Waals surface area contributed by atoms with Crippen LogP contribution < -0.4 is 0 Å². The van der Waals surface area contributed by atoms with E-state index in [1.807, 2.05) is 0 Å². The normalized spacial score (nSPS) is 10.1. The van der Waals surface area contributed by atoms with E-state index in [2.05, 4.69) is 9.72 Å². The Morgan fingerprint density at radius 3 is 2.40 bits per heavy atom. The van der Waals surface area contributed by atoms with Crippen molar-refractivity contribution in [2.45, 2.75) is 0 Å². The second kappa shape index (κ2) is 5.48. The molecule has 1 aromatic carbocycles. The first-order valence-corrected chi connectivity index (χ1v) is 5.60. The molecule has 0 aliphatic rings. The number of nitrogens with zero attached hydrogens (tertiary/aromatic N) is 1. The number of methoxy groups -OCH3 is 1. The quantitative estimate of drug-likeness (QED) is 0.870. The van der Waals surface area contributed by atoms with Gasteiger partial charge in [-0.2, -0.15) is 0 Å². The van der Waals surface area contributed by atoms with Gasteiger partial charge in [0, 0.05) is 11.8 Å². The van der Waals surface area contributed by atoms with Gasteiger partial charge >= 0.3 is 11.9 Å². The van der Waals surface area contributed by atoms with Crippen molar-refractivity contribution in [3.63, 3.8) is 0 Å². The van der Waals surface area contributed by atoms with Gasteiger partial charge in [0.2, 0.25) is 0 Å². The highest BCUT2D eigenvalue weighted by Gasteiger charge is 2.12. The Kier molecular flexibility index (Phi) is 3.74. The van der Waals surface area contributed by atoms with Gasteiger partial charge in [-0.05, 0) is 30.3 Å². The lowest BCUT2D eigenvalue weighted by molar-refractivity contribution is 0.0599. The van der Waals surface area contributed by atoms with Crippen LogP contribution in [0.5, 0.6) is 0 Å². The van der Waals surface area contributed by atoms with Gasteiger partial charge in [0.15, 0.2) is 0 Å². The Balaban J connectivity index is 2.38. The Morgan fingerprint density at radius 1 is 1.20 bits per heavy atom. The third-order valence-corrected chi connectivity index (χ3v) is 2.68. The molecule has 1 aromatic heterocycles. The number of benzene rings is 1. The number of aromatic carboxylic acids is 1. The summed E-state index contributed by atoms with van der Waals surface area (Å²) >= 11 is 0. The predicted molar refractivity (Wildman–Crippen MR) is 67.9 cm³/mol. The molecule has 0 amide bonds. The number of hydrogen-bond donors (Lipinski definition) is 1. The third kappa shape index (κ3) is 2.64. The Hall–Kier alpha value is -2.76. The number of esters is 1. The first-order valence-electron chi connectivity index (χ1n) is 5.60. The summed E-state index contributed by atoms with van der Waals surface area (Å²) in [6.07, 6.45) is 1.14. The van der Waals surface area contributed by atoms with E-state index in [1.165, 1.54) is 31.4 Å². The molecule has 0 aliphatic carbocycles. The molecule has 2 rings (SSSR count). The lowest BCUT2D eigenvalue weighted by Gasteiger charge is -2.05. The number of hydrogen-bond acceptors (Lipinski definition) is 4. The number of carboxylic acid groups (broad SMARTS) is 1. The van der Waals surface area contributed by atoms with E-state index in [-0.39, 0.29) is 22.4 Å². The highest BCUT2D eigenvalue weighted by Crippen LogP contribution is 2.22. The standard InChI is InChI=1S/C14H10FNO4/c1-20-14(19)8-2-4-10(11(15)6-8)12-5-3-9(7-16-12)13(17)18/h2-7H,1H3,(H,17,18). The van der Waals surface area contributed by atoms with Crippen molar-refractivity contribution in [2.75, 3.05) is 7.11 Å². The number of carboxylic acids is 1. The molecule has 1 heterocycles. The summed E-state index contributed by atoms with van der Waals surface area (Å²) in [4.78, 5) is 25.9. The first kappa shape index (κ1) is 13.7. The minimum absolute atomic E-state index is 0.0142. The first-order chi connectivity index (χ1) is 9.52. The third-order valence-electron chi connectivity index (χ3n) is 2.68. The lowest BCUT2D eigenvalue weighted by Crippen LogP contribution is -2.02. The van der Waals surface area contributed by atoms with E-state index in [4.69, 9.17) is 5.11 Å². The molecule has 0 saturated carbocycles. The van der Waals surface area contributed by atoms with Gasteiger partial charge in [-0.1, -0.05) is 0 Å². The summed E-state index contributed by atoms with van der Waals surface area (Å²) in [5.74, 6) is -2.38. The van der Waals surface area contributed by atoms with Crippen molar-refractivity contribution in [1.29, 1.82) is 0 Å². The average molecular weight is 275 g/mol. The molecule has 0 aliphatic heterocycles. The van der Waals surface area contributed by atoms with Gasteiger partial charge in [0.25, 0.3) is 0 Å². The van der Waals surface area contributed by atoms with Crippen LogP contribution in [-0.4, -0.2) is 29.1 Å². The summed E-state index contributed by atoms with van der Waals surface area (Å²) in [7, 11) is 1.21. The number of carbonyl (C=O) groups excluding carboxylic acids is 1. The zero-order valence-electron chi connectivity index (χ0n) is 10.5. The van der Waals surface area contributed by atoms with Gasteiger partial charge in [-0.25, -0.2) is 14.0 Å². The van der Waals surface area contributed by atoms with Crippen molar-refractivity contribution < 1.29 is 23.8 Å². The minimum atomic E-state index is -1.11. The van der Waals surface area contributed by atoms with Crippen LogP contribution in [0.4, 0.5) is 4.39 Å². The molecule has 1 N–H and O–H groups in total. The SMILES string of the molecule is COC(=O)c1ccc(-c2ccc(C(=O)O)cn2)c(F)c1. The number of halogens is 1. The van der Waals surface area contributed by atoms with Crippen LogP contribution in [0.3, 0.4) is 0 Å². The number of carbonyl (C=O) groups is 2. The van der Waals surface area contributed by atoms with Gasteiger partial charge in [-0.15, -0.1) is 0 Å². The Bertz CT molecular complexity index is 667. The van der Waals surface area contributed by atoms with Gasteiger partial charge in [0.05, 0.1) is 23.9 Å². The summed E-state index contributed by atoms with van der Waals surface area (Å²) in [6, 6.07) is 6.59. The van der Waals surface area contributed by atoms with Crippen LogP contribution in [-0.2, 0) is 4.74 Å². The van der Waals surface area contributed by atoms with Crippen LogP contribution in [0, 0.1) is 5.82 Å². The molecule has 0 fully saturated rings. The summed E-state index contributed by atoms with van der Waals surface area (Å²) < 4.78 is 18.4. The van der Waals surface area contributed by atoms with Crippen molar-refractivity contribution in [1.82, 2.24) is 4.98 Å². The van der Waals surface area contributed by atoms with Crippen molar-refractivity contribution in [2.24, 2.45) is 0 Å². The molecule has 6 heteroatoms. The fraction of sp³-hybridized carbons (Fsp3) is 0.0714. The van der Waals surface area contributed by atoms with Gasteiger partial charge in [-0.3, -0.25) is 4.98 Å². The highest BCUT2D eigenvalue weighted by molar-refractivity contribution is 5.90. The van der Waals surface area contributed by atoms with Crippen molar-refractivity contribution in [3.8, 4) is 11.3 Å². The predicted octanol–water partition coefficient (Wildman–Crippen LogP) is 2.37. The molecular formula is C14H10FNO4. The molecule has 5 nitrogen and oxygen atoms in total. The molecule has 0 spiro atoms. The van der Waals surface area contributed by atoms with E-state index in [9.17, 15) is 14.0 Å². The summed E-state index contributed by atoms with van der Waals surface area (Å²) in [6.45, 7) is 0. The second-order valence-corrected chi connectivity index (χ2v) is 3.92. The Labute approximate surface area is 113 Å².